The van der Waals surface area contributed by atoms with Crippen LogP contribution in [0.3, 0.4) is 0 Å². The minimum absolute atomic E-state index is 0.462. The first-order chi connectivity index (χ1) is 14.4. The van der Waals surface area contributed by atoms with E-state index in [4.69, 9.17) is 0 Å². The summed E-state index contributed by atoms with van der Waals surface area (Å²) in [6.45, 7) is 10.2. The van der Waals surface area contributed by atoms with E-state index in [-0.39, 0.29) is 0 Å². The molecule has 2 aromatic rings. The predicted octanol–water partition coefficient (Wildman–Crippen LogP) is 2.94. The van der Waals surface area contributed by atoms with E-state index in [1.54, 1.807) is 6.07 Å². The van der Waals surface area contributed by atoms with Crippen LogP contribution in [0, 0.1) is 13.8 Å². The van der Waals surface area contributed by atoms with Gasteiger partial charge in [-0.25, -0.2) is 0 Å². The molecule has 1 fully saturated rings. The molecule has 3 rings (SSSR count). The SMILES string of the molecule is Cc1ccc(CN2CCN(CCNC(=O)C(=O)Nc3ccc(Br)c(C)c3)CC2)cc1. The highest BCUT2D eigenvalue weighted by Crippen LogP contribution is 2.19. The quantitative estimate of drug-likeness (QED) is 0.634. The van der Waals surface area contributed by atoms with Crippen molar-refractivity contribution in [3.63, 3.8) is 0 Å². The van der Waals surface area contributed by atoms with E-state index in [1.807, 2.05) is 19.1 Å². The Morgan fingerprint density at radius 3 is 2.27 bits per heavy atom. The molecule has 1 heterocycles. The zero-order valence-corrected chi connectivity index (χ0v) is 19.2. The van der Waals surface area contributed by atoms with Crippen molar-refractivity contribution in [3.8, 4) is 0 Å². The van der Waals surface area contributed by atoms with Crippen molar-refractivity contribution in [2.75, 3.05) is 44.6 Å². The van der Waals surface area contributed by atoms with Gasteiger partial charge in [0.2, 0.25) is 0 Å². The van der Waals surface area contributed by atoms with Gasteiger partial charge in [0, 0.05) is 56.0 Å². The first-order valence-corrected chi connectivity index (χ1v) is 11.1. The molecule has 30 heavy (non-hydrogen) atoms. The smallest absolute Gasteiger partial charge is 0.313 e. The molecule has 6 nitrogen and oxygen atoms in total. The van der Waals surface area contributed by atoms with Gasteiger partial charge in [-0.05, 0) is 43.2 Å². The molecule has 2 amide bonds. The molecule has 160 valence electrons. The number of nitrogens with zero attached hydrogens (tertiary/aromatic N) is 2. The average Bonchev–Trinajstić information content (AvgIpc) is 2.73. The third kappa shape index (κ3) is 6.65. The van der Waals surface area contributed by atoms with Crippen molar-refractivity contribution in [2.24, 2.45) is 0 Å². The van der Waals surface area contributed by atoms with E-state index in [1.165, 1.54) is 11.1 Å². The summed E-state index contributed by atoms with van der Waals surface area (Å²) in [6.07, 6.45) is 0. The number of nitrogens with one attached hydrogen (secondary N) is 2. The van der Waals surface area contributed by atoms with Crippen molar-refractivity contribution in [1.82, 2.24) is 15.1 Å². The molecule has 1 aliphatic rings. The molecule has 1 saturated heterocycles. The molecule has 0 saturated carbocycles. The van der Waals surface area contributed by atoms with E-state index in [0.29, 0.717) is 12.2 Å². The second kappa shape index (κ2) is 10.7. The van der Waals surface area contributed by atoms with Crippen molar-refractivity contribution in [2.45, 2.75) is 20.4 Å². The molecule has 0 atom stereocenters. The summed E-state index contributed by atoms with van der Waals surface area (Å²) in [7, 11) is 0. The van der Waals surface area contributed by atoms with E-state index in [2.05, 4.69) is 67.6 Å². The first-order valence-electron chi connectivity index (χ1n) is 10.3. The second-order valence-corrected chi connectivity index (χ2v) is 8.63. The van der Waals surface area contributed by atoms with Crippen molar-refractivity contribution in [3.05, 3.63) is 63.6 Å². The van der Waals surface area contributed by atoms with Gasteiger partial charge in [0.15, 0.2) is 0 Å². The zero-order valence-electron chi connectivity index (χ0n) is 17.6. The summed E-state index contributed by atoms with van der Waals surface area (Å²) in [5.41, 5.74) is 4.23. The molecule has 0 unspecified atom stereocenters. The van der Waals surface area contributed by atoms with Crippen LogP contribution in [0.25, 0.3) is 0 Å². The molecule has 2 aromatic carbocycles. The fourth-order valence-corrected chi connectivity index (χ4v) is 3.69. The molecular formula is C23H29BrN4O2. The Labute approximate surface area is 186 Å². The highest BCUT2D eigenvalue weighted by atomic mass is 79.9. The van der Waals surface area contributed by atoms with Gasteiger partial charge < -0.3 is 10.6 Å². The van der Waals surface area contributed by atoms with Gasteiger partial charge in [0.1, 0.15) is 0 Å². The largest absolute Gasteiger partial charge is 0.347 e. The number of carbonyl (C=O) groups is 2. The molecule has 7 heteroatoms. The van der Waals surface area contributed by atoms with Crippen LogP contribution in [0.15, 0.2) is 46.9 Å². The maximum atomic E-state index is 12.1. The van der Waals surface area contributed by atoms with Crippen LogP contribution in [0.2, 0.25) is 0 Å². The standard InChI is InChI=1S/C23H29BrN4O2/c1-17-3-5-19(6-4-17)16-28-13-11-27(12-14-28)10-9-25-22(29)23(30)26-20-7-8-21(24)18(2)15-20/h3-8,15H,9-14,16H2,1-2H3,(H,25,29)(H,26,30). The molecule has 2 N–H and O–H groups in total. The topological polar surface area (TPSA) is 64.7 Å². The number of piperazine rings is 1. The highest BCUT2D eigenvalue weighted by Gasteiger charge is 2.18. The Kier molecular flexibility index (Phi) is 8.01. The van der Waals surface area contributed by atoms with E-state index in [0.717, 1.165) is 49.3 Å². The Balaban J connectivity index is 1.34. The molecule has 0 spiro atoms. The average molecular weight is 473 g/mol. The number of halogens is 1. The van der Waals surface area contributed by atoms with Gasteiger partial charge in [-0.1, -0.05) is 45.8 Å². The summed E-state index contributed by atoms with van der Waals surface area (Å²) in [5, 5.41) is 5.36. The van der Waals surface area contributed by atoms with Crippen LogP contribution in [0.1, 0.15) is 16.7 Å². The normalized spacial score (nSPS) is 15.0. The monoisotopic (exact) mass is 472 g/mol. The third-order valence-corrected chi connectivity index (χ3v) is 6.22. The van der Waals surface area contributed by atoms with Gasteiger partial charge in [-0.15, -0.1) is 0 Å². The van der Waals surface area contributed by atoms with Crippen LogP contribution >= 0.6 is 15.9 Å². The van der Waals surface area contributed by atoms with Crippen LogP contribution < -0.4 is 10.6 Å². The summed E-state index contributed by atoms with van der Waals surface area (Å²) < 4.78 is 0.962. The molecule has 0 aliphatic carbocycles. The number of carbonyl (C=O) groups excluding carboxylic acids is 2. The summed E-state index contributed by atoms with van der Waals surface area (Å²) in [6, 6.07) is 14.1. The minimum atomic E-state index is -0.639. The number of anilines is 1. The lowest BCUT2D eigenvalue weighted by atomic mass is 10.1. The summed E-state index contributed by atoms with van der Waals surface area (Å²) >= 11 is 3.42. The summed E-state index contributed by atoms with van der Waals surface area (Å²) in [4.78, 5) is 28.9. The van der Waals surface area contributed by atoms with Crippen LogP contribution in [-0.2, 0) is 16.1 Å². The Hall–Kier alpha value is -2.22. The maximum Gasteiger partial charge on any atom is 0.313 e. The third-order valence-electron chi connectivity index (χ3n) is 5.33. The Morgan fingerprint density at radius 2 is 1.60 bits per heavy atom. The van der Waals surface area contributed by atoms with Crippen molar-refractivity contribution in [1.29, 1.82) is 0 Å². The number of amides is 2. The number of hydrogen-bond donors (Lipinski definition) is 2. The highest BCUT2D eigenvalue weighted by molar-refractivity contribution is 9.10. The first kappa shape index (κ1) is 22.5. The van der Waals surface area contributed by atoms with E-state index < -0.39 is 11.8 Å². The molecular weight excluding hydrogens is 444 g/mol. The lowest BCUT2D eigenvalue weighted by Crippen LogP contribution is -2.48. The lowest BCUT2D eigenvalue weighted by Gasteiger charge is -2.34. The van der Waals surface area contributed by atoms with E-state index >= 15 is 0 Å². The number of rotatable bonds is 6. The Morgan fingerprint density at radius 1 is 0.933 bits per heavy atom. The van der Waals surface area contributed by atoms with Crippen LogP contribution in [0.4, 0.5) is 5.69 Å². The zero-order chi connectivity index (χ0) is 21.5. The maximum absolute atomic E-state index is 12.1. The molecule has 0 bridgehead atoms. The van der Waals surface area contributed by atoms with Gasteiger partial charge in [0.25, 0.3) is 0 Å². The fourth-order valence-electron chi connectivity index (χ4n) is 3.44. The number of hydrogen-bond acceptors (Lipinski definition) is 4. The lowest BCUT2D eigenvalue weighted by molar-refractivity contribution is -0.136. The van der Waals surface area contributed by atoms with Crippen LogP contribution in [0.5, 0.6) is 0 Å². The van der Waals surface area contributed by atoms with Gasteiger partial charge in [0.05, 0.1) is 0 Å². The van der Waals surface area contributed by atoms with E-state index in [9.17, 15) is 9.59 Å². The van der Waals surface area contributed by atoms with Gasteiger partial charge in [-0.3, -0.25) is 19.4 Å². The molecule has 1 aliphatic heterocycles. The fraction of sp³-hybridized carbons (Fsp3) is 0.391. The molecule has 0 aromatic heterocycles. The molecule has 0 radical (unpaired) electrons. The summed E-state index contributed by atoms with van der Waals surface area (Å²) in [5.74, 6) is -1.24. The minimum Gasteiger partial charge on any atom is -0.347 e. The van der Waals surface area contributed by atoms with Crippen molar-refractivity contribution < 1.29 is 9.59 Å². The second-order valence-electron chi connectivity index (χ2n) is 7.78. The number of aryl methyl sites for hydroxylation is 2. The van der Waals surface area contributed by atoms with Gasteiger partial charge >= 0.3 is 11.8 Å². The predicted molar refractivity (Wildman–Crippen MR) is 123 cm³/mol. The van der Waals surface area contributed by atoms with Gasteiger partial charge in [-0.2, -0.15) is 0 Å². The number of benzene rings is 2. The van der Waals surface area contributed by atoms with Crippen molar-refractivity contribution >= 4 is 33.4 Å². The Bertz CT molecular complexity index is 877. The van der Waals surface area contributed by atoms with Crippen LogP contribution in [-0.4, -0.2) is 60.9 Å².